The Labute approximate surface area is 573 Å². The van der Waals surface area contributed by atoms with Crippen molar-refractivity contribution in [2.24, 2.45) is 17.8 Å². The lowest BCUT2D eigenvalue weighted by atomic mass is 9.99. The van der Waals surface area contributed by atoms with Gasteiger partial charge in [-0.1, -0.05) is 304 Å². The van der Waals surface area contributed by atoms with Crippen LogP contribution in [0.4, 0.5) is 0 Å². The van der Waals surface area contributed by atoms with E-state index in [0.717, 1.165) is 127 Å². The first-order valence-electron chi connectivity index (χ1n) is 38.2. The molecule has 0 rings (SSSR count). The van der Waals surface area contributed by atoms with Crippen LogP contribution in [0.25, 0.3) is 0 Å². The number of carbonyl (C=O) groups is 4. The Morgan fingerprint density at radius 1 is 0.351 bits per heavy atom. The van der Waals surface area contributed by atoms with E-state index in [1.807, 2.05) is 0 Å². The van der Waals surface area contributed by atoms with Crippen molar-refractivity contribution in [1.82, 2.24) is 0 Å². The van der Waals surface area contributed by atoms with Crippen LogP contribution in [0.15, 0.2) is 24.3 Å². The van der Waals surface area contributed by atoms with Gasteiger partial charge in [0, 0.05) is 25.7 Å². The summed E-state index contributed by atoms with van der Waals surface area (Å²) in [5.41, 5.74) is 0. The highest BCUT2D eigenvalue weighted by molar-refractivity contribution is 7.47. The van der Waals surface area contributed by atoms with Gasteiger partial charge in [-0.05, 0) is 69.1 Å². The molecule has 0 saturated heterocycles. The molecule has 0 amide bonds. The monoisotopic (exact) mass is 1380 g/mol. The molecule has 0 aliphatic heterocycles. The first-order valence-corrected chi connectivity index (χ1v) is 41.2. The SMILES string of the molecule is CCCCCC/C=C\C=C/CCCCCCCC(=O)OC[C@H](COP(=O)(O)OC[C@@H](O)COP(=O)(O)OC[C@@H](COC(=O)CCCCCCCCC(C)CC)OC(=O)CCCCCCCCCCCCCCCCC(C)CC)OC(=O)CCCCCCCCCCC(C)C. The van der Waals surface area contributed by atoms with Gasteiger partial charge < -0.3 is 33.8 Å². The van der Waals surface area contributed by atoms with Crippen LogP contribution in [-0.2, 0) is 65.4 Å². The van der Waals surface area contributed by atoms with Crippen LogP contribution in [0.1, 0.15) is 357 Å². The Hall–Kier alpha value is -2.46. The smallest absolute Gasteiger partial charge is 0.462 e. The second kappa shape index (κ2) is 65.2. The van der Waals surface area contributed by atoms with E-state index in [1.165, 1.54) is 141 Å². The molecular formula is C75H142O17P2. The van der Waals surface area contributed by atoms with Gasteiger partial charge in [0.15, 0.2) is 12.2 Å². The van der Waals surface area contributed by atoms with Gasteiger partial charge in [-0.25, -0.2) is 9.13 Å². The van der Waals surface area contributed by atoms with Crippen molar-refractivity contribution in [3.05, 3.63) is 24.3 Å². The molecule has 4 unspecified atom stereocenters. The molecule has 0 fully saturated rings. The summed E-state index contributed by atoms with van der Waals surface area (Å²) in [5, 5.41) is 10.6. The Morgan fingerprint density at radius 3 is 0.947 bits per heavy atom. The molecule has 0 aromatic rings. The third-order valence-electron chi connectivity index (χ3n) is 17.5. The van der Waals surface area contributed by atoms with Crippen molar-refractivity contribution >= 4 is 39.5 Å². The second-order valence-corrected chi connectivity index (χ2v) is 30.2. The van der Waals surface area contributed by atoms with Gasteiger partial charge in [0.2, 0.25) is 0 Å². The van der Waals surface area contributed by atoms with Gasteiger partial charge in [0.25, 0.3) is 0 Å². The Kier molecular flexibility index (Phi) is 63.5. The molecule has 94 heavy (non-hydrogen) atoms. The quantitative estimate of drug-likeness (QED) is 0.0169. The summed E-state index contributed by atoms with van der Waals surface area (Å²) in [6.45, 7) is 11.8. The summed E-state index contributed by atoms with van der Waals surface area (Å²) in [6.07, 6.45) is 53.6. The minimum absolute atomic E-state index is 0.0973. The maximum Gasteiger partial charge on any atom is 0.472 e. The molecule has 554 valence electrons. The molecule has 0 aromatic heterocycles. The van der Waals surface area contributed by atoms with E-state index in [0.29, 0.717) is 31.6 Å². The van der Waals surface area contributed by atoms with E-state index in [4.69, 9.17) is 37.0 Å². The van der Waals surface area contributed by atoms with Crippen molar-refractivity contribution in [2.45, 2.75) is 375 Å². The third-order valence-corrected chi connectivity index (χ3v) is 19.4. The van der Waals surface area contributed by atoms with E-state index in [-0.39, 0.29) is 25.7 Å². The summed E-state index contributed by atoms with van der Waals surface area (Å²) in [6, 6.07) is 0. The third kappa shape index (κ3) is 65.5. The molecule has 0 bridgehead atoms. The fourth-order valence-electron chi connectivity index (χ4n) is 10.8. The molecule has 0 spiro atoms. The van der Waals surface area contributed by atoms with Gasteiger partial charge in [-0.15, -0.1) is 0 Å². The van der Waals surface area contributed by atoms with Gasteiger partial charge in [0.05, 0.1) is 26.4 Å². The van der Waals surface area contributed by atoms with Crippen LogP contribution < -0.4 is 0 Å². The molecule has 0 heterocycles. The molecule has 0 aliphatic rings. The number of allylic oxidation sites excluding steroid dienone is 4. The number of unbranched alkanes of at least 4 members (excludes halogenated alkanes) is 34. The Balaban J connectivity index is 5.25. The van der Waals surface area contributed by atoms with Crippen molar-refractivity contribution in [3.8, 4) is 0 Å². The predicted molar refractivity (Wildman–Crippen MR) is 381 cm³/mol. The number of hydrogen-bond donors (Lipinski definition) is 3. The molecule has 7 atom stereocenters. The van der Waals surface area contributed by atoms with Crippen LogP contribution in [0.5, 0.6) is 0 Å². The number of phosphoric acid groups is 2. The highest BCUT2D eigenvalue weighted by Crippen LogP contribution is 2.45. The number of aliphatic hydroxyl groups excluding tert-OH is 1. The molecule has 0 radical (unpaired) electrons. The molecular weight excluding hydrogens is 1230 g/mol. The first kappa shape index (κ1) is 91.5. The van der Waals surface area contributed by atoms with E-state index >= 15 is 0 Å². The van der Waals surface area contributed by atoms with Gasteiger partial charge in [-0.3, -0.25) is 37.3 Å². The molecule has 17 nitrogen and oxygen atoms in total. The minimum Gasteiger partial charge on any atom is -0.462 e. The average Bonchev–Trinajstić information content (AvgIpc) is 2.12. The number of carbonyl (C=O) groups excluding carboxylic acids is 4. The van der Waals surface area contributed by atoms with Gasteiger partial charge in [-0.2, -0.15) is 0 Å². The van der Waals surface area contributed by atoms with Crippen LogP contribution in [-0.4, -0.2) is 96.7 Å². The Bertz CT molecular complexity index is 1930. The lowest BCUT2D eigenvalue weighted by Gasteiger charge is -2.21. The lowest BCUT2D eigenvalue weighted by molar-refractivity contribution is -0.161. The van der Waals surface area contributed by atoms with E-state index < -0.39 is 97.5 Å². The normalized spacial score (nSPS) is 14.8. The first-order chi connectivity index (χ1) is 45.3. The molecule has 0 aromatic carbocycles. The highest BCUT2D eigenvalue weighted by atomic mass is 31.2. The summed E-state index contributed by atoms with van der Waals surface area (Å²) in [5.74, 6) is 0.136. The zero-order valence-corrected chi connectivity index (χ0v) is 62.7. The molecule has 0 saturated carbocycles. The van der Waals surface area contributed by atoms with E-state index in [9.17, 15) is 43.2 Å². The zero-order chi connectivity index (χ0) is 69.4. The predicted octanol–water partition coefficient (Wildman–Crippen LogP) is 21.3. The number of ether oxygens (including phenoxy) is 4. The summed E-state index contributed by atoms with van der Waals surface area (Å²) in [4.78, 5) is 72.7. The number of rotatable bonds is 71. The summed E-state index contributed by atoms with van der Waals surface area (Å²) >= 11 is 0. The summed E-state index contributed by atoms with van der Waals surface area (Å²) in [7, 11) is -9.92. The van der Waals surface area contributed by atoms with E-state index in [1.54, 1.807) is 0 Å². The van der Waals surface area contributed by atoms with Crippen molar-refractivity contribution in [3.63, 3.8) is 0 Å². The maximum absolute atomic E-state index is 13.1. The van der Waals surface area contributed by atoms with Gasteiger partial charge in [0.1, 0.15) is 19.3 Å². The second-order valence-electron chi connectivity index (χ2n) is 27.3. The van der Waals surface area contributed by atoms with Crippen LogP contribution >= 0.6 is 15.6 Å². The van der Waals surface area contributed by atoms with Crippen LogP contribution in [0, 0.1) is 17.8 Å². The number of aliphatic hydroxyl groups is 1. The number of esters is 4. The molecule has 3 N–H and O–H groups in total. The molecule has 0 aliphatic carbocycles. The van der Waals surface area contributed by atoms with Crippen molar-refractivity contribution in [2.75, 3.05) is 39.6 Å². The number of phosphoric ester groups is 2. The zero-order valence-electron chi connectivity index (χ0n) is 60.9. The minimum atomic E-state index is -4.96. The molecule has 19 heteroatoms. The highest BCUT2D eigenvalue weighted by Gasteiger charge is 2.30. The van der Waals surface area contributed by atoms with Crippen LogP contribution in [0.2, 0.25) is 0 Å². The Morgan fingerprint density at radius 2 is 0.628 bits per heavy atom. The largest absolute Gasteiger partial charge is 0.472 e. The standard InChI is InChI=1S/C75H142O17P2/c1-8-11-12-13-14-15-16-17-18-22-25-28-34-42-49-56-72(77)85-62-70(92-75(80)59-52-45-36-31-30-32-39-46-53-66(4)5)64-89-93(81,82)87-60-69(76)61-88-94(83,84)90-65-71(63-86-73(78)57-50-43-38-37-41-48-55-68(7)10-3)91-74(79)58-51-44-35-29-26-23-20-19-21-24-27-33-40-47-54-67(6)9-2/h15-18,66-71,76H,8-14,19-65H2,1-7H3,(H,81,82)(H,83,84)/b16-15-,18-17-/t67?,68?,69-,70-,71-/m1/s1. The average molecular weight is 1380 g/mol. The maximum atomic E-state index is 13.1. The van der Waals surface area contributed by atoms with Crippen LogP contribution in [0.3, 0.4) is 0 Å². The lowest BCUT2D eigenvalue weighted by Crippen LogP contribution is -2.30. The topological polar surface area (TPSA) is 237 Å². The van der Waals surface area contributed by atoms with Crippen molar-refractivity contribution in [1.29, 1.82) is 0 Å². The van der Waals surface area contributed by atoms with Crippen molar-refractivity contribution < 1.29 is 80.2 Å². The summed E-state index contributed by atoms with van der Waals surface area (Å²) < 4.78 is 68.4. The fraction of sp³-hybridized carbons (Fsp3) is 0.893. The number of hydrogen-bond acceptors (Lipinski definition) is 15. The van der Waals surface area contributed by atoms with Gasteiger partial charge >= 0.3 is 39.5 Å². The van der Waals surface area contributed by atoms with E-state index in [2.05, 4.69) is 72.8 Å². The fourth-order valence-corrected chi connectivity index (χ4v) is 12.4.